The number of amides is 1. The second-order valence-electron chi connectivity index (χ2n) is 12.4. The van der Waals surface area contributed by atoms with E-state index in [-0.39, 0.29) is 34.5 Å². The zero-order valence-electron chi connectivity index (χ0n) is 25.8. The standard InChI is InChI=1S/C35H37FN4O5S2/c36-30-22(10-13-37-19-27(42)25-8-9-26(41)31-32(25)47-34(44)38-31)5-3-6-24(30)20-39-14-11-35(12-15-39)21-40(16-17-45-35)33(43)29-18-23-4-1-2-7-28(23)46-29/h1-9,18,27,37,41-42H,10-17,19-21H2,(H,38,44). The lowest BCUT2D eigenvalue weighted by molar-refractivity contribution is -0.127. The number of thiazole rings is 1. The highest BCUT2D eigenvalue weighted by atomic mass is 32.1. The van der Waals surface area contributed by atoms with Crippen molar-refractivity contribution in [2.24, 2.45) is 0 Å². The quantitative estimate of drug-likeness (QED) is 0.162. The van der Waals surface area contributed by atoms with Gasteiger partial charge in [0.2, 0.25) is 0 Å². The van der Waals surface area contributed by atoms with E-state index in [1.807, 2.05) is 47.4 Å². The summed E-state index contributed by atoms with van der Waals surface area (Å²) >= 11 is 2.48. The van der Waals surface area contributed by atoms with Gasteiger partial charge < -0.3 is 30.2 Å². The van der Waals surface area contributed by atoms with Gasteiger partial charge in [-0.15, -0.1) is 11.3 Å². The number of aliphatic hydroxyl groups is 1. The van der Waals surface area contributed by atoms with E-state index in [1.165, 1.54) is 17.4 Å². The summed E-state index contributed by atoms with van der Waals surface area (Å²) in [6, 6.07) is 18.6. The van der Waals surface area contributed by atoms with E-state index in [1.54, 1.807) is 12.1 Å². The van der Waals surface area contributed by atoms with E-state index < -0.39 is 6.10 Å². The van der Waals surface area contributed by atoms with Gasteiger partial charge in [0.1, 0.15) is 17.1 Å². The van der Waals surface area contributed by atoms with E-state index in [4.69, 9.17) is 4.74 Å². The molecule has 2 aliphatic rings. The van der Waals surface area contributed by atoms with Crippen LogP contribution in [0.3, 0.4) is 0 Å². The molecule has 1 unspecified atom stereocenters. The van der Waals surface area contributed by atoms with Gasteiger partial charge in [0.15, 0.2) is 0 Å². The third-order valence-electron chi connectivity index (χ3n) is 9.35. The Morgan fingerprint density at radius 1 is 1.06 bits per heavy atom. The number of H-pyrrole nitrogens is 1. The summed E-state index contributed by atoms with van der Waals surface area (Å²) in [6.07, 6.45) is 1.13. The molecule has 246 valence electrons. The summed E-state index contributed by atoms with van der Waals surface area (Å²) in [6.45, 7) is 4.38. The minimum Gasteiger partial charge on any atom is -0.506 e. The molecule has 2 saturated heterocycles. The van der Waals surface area contributed by atoms with Gasteiger partial charge in [0.25, 0.3) is 5.91 Å². The highest BCUT2D eigenvalue weighted by molar-refractivity contribution is 7.20. The van der Waals surface area contributed by atoms with Crippen molar-refractivity contribution >= 4 is 48.9 Å². The van der Waals surface area contributed by atoms with Crippen LogP contribution in [0.5, 0.6) is 5.75 Å². The number of likely N-dealkylation sites (tertiary alicyclic amines) is 1. The Morgan fingerprint density at radius 2 is 1.87 bits per heavy atom. The third kappa shape index (κ3) is 6.71. The highest BCUT2D eigenvalue weighted by Crippen LogP contribution is 2.34. The Balaban J connectivity index is 0.908. The fourth-order valence-corrected chi connectivity index (χ4v) is 8.69. The number of halogens is 1. The fraction of sp³-hybridized carbons (Fsp3) is 0.371. The van der Waals surface area contributed by atoms with Crippen molar-refractivity contribution in [3.63, 3.8) is 0 Å². The van der Waals surface area contributed by atoms with Crippen molar-refractivity contribution in [2.45, 2.75) is 37.5 Å². The van der Waals surface area contributed by atoms with Gasteiger partial charge in [0, 0.05) is 48.6 Å². The number of rotatable bonds is 9. The molecular formula is C35H37FN4O5S2. The maximum Gasteiger partial charge on any atom is 0.305 e. The van der Waals surface area contributed by atoms with Gasteiger partial charge in [-0.3, -0.25) is 14.5 Å². The molecule has 5 aromatic rings. The van der Waals surface area contributed by atoms with Gasteiger partial charge >= 0.3 is 4.87 Å². The highest BCUT2D eigenvalue weighted by Gasteiger charge is 2.41. The molecule has 2 aromatic heterocycles. The first kappa shape index (κ1) is 31.9. The maximum atomic E-state index is 15.6. The third-order valence-corrected chi connectivity index (χ3v) is 11.4. The number of carbonyl (C=O) groups excluding carboxylic acids is 1. The number of phenols is 1. The predicted octanol–water partition coefficient (Wildman–Crippen LogP) is 5.02. The zero-order valence-corrected chi connectivity index (χ0v) is 27.5. The smallest absolute Gasteiger partial charge is 0.305 e. The number of carbonyl (C=O) groups is 1. The van der Waals surface area contributed by atoms with E-state index in [9.17, 15) is 19.8 Å². The lowest BCUT2D eigenvalue weighted by Gasteiger charge is -2.47. The number of morpholine rings is 1. The molecule has 0 bridgehead atoms. The normalized spacial score (nSPS) is 17.5. The zero-order chi connectivity index (χ0) is 32.5. The summed E-state index contributed by atoms with van der Waals surface area (Å²) in [4.78, 5) is 32.5. The van der Waals surface area contributed by atoms with Crippen LogP contribution in [0.1, 0.15) is 45.3 Å². The first-order valence-electron chi connectivity index (χ1n) is 15.9. The molecule has 4 N–H and O–H groups in total. The summed E-state index contributed by atoms with van der Waals surface area (Å²) in [5, 5.41) is 25.0. The van der Waals surface area contributed by atoms with Crippen LogP contribution in [-0.4, -0.2) is 82.4 Å². The molecule has 4 heterocycles. The number of phenolic OH excluding ortho intramolecular Hbond substituents is 1. The molecule has 0 saturated carbocycles. The Morgan fingerprint density at radius 3 is 2.70 bits per heavy atom. The number of aromatic amines is 1. The molecule has 1 spiro atoms. The van der Waals surface area contributed by atoms with Gasteiger partial charge in [-0.05, 0) is 55.0 Å². The van der Waals surface area contributed by atoms with E-state index in [0.717, 1.165) is 52.2 Å². The molecule has 3 aromatic carbocycles. The van der Waals surface area contributed by atoms with Crippen LogP contribution in [0.4, 0.5) is 4.39 Å². The number of aromatic nitrogens is 1. The average molecular weight is 677 g/mol. The SMILES string of the molecule is O=C(c1cc2ccccc2s1)N1CCOC2(CCN(Cc3cccc(CCNCC(O)c4ccc(O)c5[nH]c(=O)sc45)c3F)CC2)C1. The maximum absolute atomic E-state index is 15.6. The number of thiophene rings is 1. The van der Waals surface area contributed by atoms with Crippen molar-refractivity contribution in [1.29, 1.82) is 0 Å². The summed E-state index contributed by atoms with van der Waals surface area (Å²) in [7, 11) is 0. The topological polar surface area (TPSA) is 118 Å². The average Bonchev–Trinajstić information content (AvgIpc) is 3.70. The van der Waals surface area contributed by atoms with Gasteiger partial charge in [-0.2, -0.15) is 0 Å². The minimum absolute atomic E-state index is 0.0362. The number of aliphatic hydroxyl groups excluding tert-OH is 1. The van der Waals surface area contributed by atoms with Crippen LogP contribution >= 0.6 is 22.7 Å². The summed E-state index contributed by atoms with van der Waals surface area (Å²) < 4.78 is 23.5. The molecule has 0 radical (unpaired) electrons. The van der Waals surface area contributed by atoms with Crippen LogP contribution in [0, 0.1) is 5.82 Å². The Hall–Kier alpha value is -3.65. The molecule has 9 nitrogen and oxygen atoms in total. The number of piperidine rings is 1. The van der Waals surface area contributed by atoms with E-state index in [2.05, 4.69) is 15.2 Å². The van der Waals surface area contributed by atoms with Crippen LogP contribution in [0.2, 0.25) is 0 Å². The monoisotopic (exact) mass is 676 g/mol. The molecule has 47 heavy (non-hydrogen) atoms. The van der Waals surface area contributed by atoms with Gasteiger partial charge in [-0.1, -0.05) is 53.8 Å². The van der Waals surface area contributed by atoms with Crippen molar-refractivity contribution in [3.05, 3.63) is 97.7 Å². The number of benzene rings is 3. The van der Waals surface area contributed by atoms with Crippen LogP contribution in [0.25, 0.3) is 20.3 Å². The number of fused-ring (bicyclic) bond motifs is 2. The number of hydrogen-bond acceptors (Lipinski definition) is 9. The molecule has 1 atom stereocenters. The Labute approximate surface area is 279 Å². The van der Waals surface area contributed by atoms with Crippen molar-refractivity contribution in [1.82, 2.24) is 20.1 Å². The number of aromatic hydroxyl groups is 1. The largest absolute Gasteiger partial charge is 0.506 e. The van der Waals surface area contributed by atoms with Crippen LogP contribution in [-0.2, 0) is 17.7 Å². The lowest BCUT2D eigenvalue weighted by atomic mass is 9.89. The van der Waals surface area contributed by atoms with E-state index in [0.29, 0.717) is 66.1 Å². The minimum atomic E-state index is -0.891. The number of nitrogens with one attached hydrogen (secondary N) is 2. The Kier molecular flexibility index (Phi) is 9.14. The Bertz CT molecular complexity index is 1930. The summed E-state index contributed by atoms with van der Waals surface area (Å²) in [5.74, 6) is -0.178. The second-order valence-corrected chi connectivity index (χ2v) is 14.5. The molecule has 0 aliphatic carbocycles. The predicted molar refractivity (Wildman–Crippen MR) is 183 cm³/mol. The molecule has 2 aliphatic heterocycles. The molecule has 2 fully saturated rings. The van der Waals surface area contributed by atoms with Crippen molar-refractivity contribution in [3.8, 4) is 5.75 Å². The second kappa shape index (κ2) is 13.5. The van der Waals surface area contributed by atoms with Crippen molar-refractivity contribution < 1.29 is 24.1 Å². The lowest BCUT2D eigenvalue weighted by Crippen LogP contribution is -2.57. The molecular weight excluding hydrogens is 640 g/mol. The first-order chi connectivity index (χ1) is 22.8. The van der Waals surface area contributed by atoms with Crippen molar-refractivity contribution in [2.75, 3.05) is 45.9 Å². The van der Waals surface area contributed by atoms with Crippen LogP contribution in [0.15, 0.2) is 65.5 Å². The molecule has 12 heteroatoms. The first-order valence-corrected chi connectivity index (χ1v) is 17.6. The van der Waals surface area contributed by atoms with E-state index >= 15 is 4.39 Å². The molecule has 7 rings (SSSR count). The van der Waals surface area contributed by atoms with Crippen LogP contribution < -0.4 is 10.2 Å². The fourth-order valence-electron chi connectivity index (χ4n) is 6.75. The number of nitrogens with zero attached hydrogens (tertiary/aromatic N) is 2. The summed E-state index contributed by atoms with van der Waals surface area (Å²) in [5.41, 5.74) is 1.77. The molecule has 1 amide bonds. The van der Waals surface area contributed by atoms with Gasteiger partial charge in [-0.25, -0.2) is 4.39 Å². The van der Waals surface area contributed by atoms with Gasteiger partial charge in [0.05, 0.1) is 34.4 Å². The number of ether oxygens (including phenoxy) is 1. The number of hydrogen-bond donors (Lipinski definition) is 4.